The number of hydrogen-bond acceptors (Lipinski definition) is 2. The Bertz CT molecular complexity index is 638. The number of benzene rings is 2. The Morgan fingerprint density at radius 1 is 1.10 bits per heavy atom. The molecule has 2 aromatic rings. The lowest BCUT2D eigenvalue weighted by atomic mass is 10.1. The molecule has 1 aliphatic carbocycles. The van der Waals surface area contributed by atoms with Crippen LogP contribution in [0.15, 0.2) is 54.6 Å². The van der Waals surface area contributed by atoms with E-state index in [0.717, 1.165) is 18.4 Å². The molecule has 1 aliphatic rings. The number of carbonyl (C=O) groups excluding carboxylic acids is 1. The van der Waals surface area contributed by atoms with Crippen LogP contribution in [0.3, 0.4) is 0 Å². The summed E-state index contributed by atoms with van der Waals surface area (Å²) < 4.78 is 6.49. The summed E-state index contributed by atoms with van der Waals surface area (Å²) in [5.74, 6) is 0. The lowest BCUT2D eigenvalue weighted by Gasteiger charge is -2.19. The van der Waals surface area contributed by atoms with Crippen molar-refractivity contribution in [1.29, 1.82) is 0 Å². The van der Waals surface area contributed by atoms with Gasteiger partial charge in [-0.05, 0) is 52.6 Å². The average Bonchev–Trinajstić information content (AvgIpc) is 3.27. The second-order valence-electron chi connectivity index (χ2n) is 5.25. The number of rotatable bonds is 4. The number of alkyl carbamates (subject to hydrolysis) is 1. The Hall–Kier alpha value is -1.56. The Labute approximate surface area is 137 Å². The molecule has 0 heterocycles. The normalized spacial score (nSPS) is 15.3. The third-order valence-corrected chi connectivity index (χ3v) is 4.63. The predicted molar refractivity (Wildman–Crippen MR) is 89.8 cm³/mol. The van der Waals surface area contributed by atoms with Crippen LogP contribution >= 0.6 is 22.6 Å². The first-order valence-corrected chi connectivity index (χ1v) is 8.01. The number of hydrogen-bond donors (Lipinski definition) is 1. The second-order valence-corrected chi connectivity index (χ2v) is 6.41. The number of ether oxygens (including phenoxy) is 1. The van der Waals surface area contributed by atoms with Crippen molar-refractivity contribution in [2.75, 3.05) is 0 Å². The molecule has 1 N–H and O–H groups in total. The molecule has 21 heavy (non-hydrogen) atoms. The molecular formula is C17H16INO2. The molecule has 108 valence electrons. The van der Waals surface area contributed by atoms with Crippen molar-refractivity contribution >= 4 is 28.7 Å². The van der Waals surface area contributed by atoms with E-state index in [2.05, 4.69) is 40.0 Å². The molecule has 4 heteroatoms. The summed E-state index contributed by atoms with van der Waals surface area (Å²) in [6.07, 6.45) is 1.58. The molecule has 0 bridgehead atoms. The van der Waals surface area contributed by atoms with Crippen LogP contribution in [0.1, 0.15) is 24.0 Å². The third-order valence-electron chi connectivity index (χ3n) is 3.69. The minimum atomic E-state index is -0.351. The molecule has 0 atom stereocenters. The molecule has 2 aromatic carbocycles. The zero-order valence-electron chi connectivity index (χ0n) is 11.5. The van der Waals surface area contributed by atoms with Gasteiger partial charge in [-0.1, -0.05) is 48.5 Å². The number of amides is 1. The fraction of sp³-hybridized carbons (Fsp3) is 0.235. The van der Waals surface area contributed by atoms with Crippen LogP contribution in [-0.4, -0.2) is 6.09 Å². The smallest absolute Gasteiger partial charge is 0.408 e. The van der Waals surface area contributed by atoms with Crippen LogP contribution in [-0.2, 0) is 16.9 Å². The van der Waals surface area contributed by atoms with Crippen molar-refractivity contribution < 1.29 is 9.53 Å². The van der Waals surface area contributed by atoms with Gasteiger partial charge in [0.15, 0.2) is 0 Å². The van der Waals surface area contributed by atoms with Gasteiger partial charge in [0, 0.05) is 3.57 Å². The van der Waals surface area contributed by atoms with Gasteiger partial charge in [-0.2, -0.15) is 0 Å². The molecular weight excluding hydrogens is 377 g/mol. The standard InChI is InChI=1S/C17H16INO2/c18-15-9-5-4-8-14(15)17(10-11-17)19-16(20)21-12-13-6-2-1-3-7-13/h1-9H,10-12H2,(H,19,20). The summed E-state index contributed by atoms with van der Waals surface area (Å²) in [5, 5.41) is 3.03. The molecule has 0 radical (unpaired) electrons. The summed E-state index contributed by atoms with van der Waals surface area (Å²) in [4.78, 5) is 12.0. The lowest BCUT2D eigenvalue weighted by Crippen LogP contribution is -2.35. The number of nitrogens with one attached hydrogen (secondary N) is 1. The van der Waals surface area contributed by atoms with E-state index in [1.54, 1.807) is 0 Å². The van der Waals surface area contributed by atoms with Crippen LogP contribution in [0.4, 0.5) is 4.79 Å². The van der Waals surface area contributed by atoms with Gasteiger partial charge in [-0.3, -0.25) is 0 Å². The number of halogens is 1. The van der Waals surface area contributed by atoms with Crippen molar-refractivity contribution in [3.05, 3.63) is 69.3 Å². The first-order valence-electron chi connectivity index (χ1n) is 6.93. The molecule has 0 aromatic heterocycles. The van der Waals surface area contributed by atoms with Gasteiger partial charge in [0.1, 0.15) is 6.61 Å². The van der Waals surface area contributed by atoms with E-state index in [9.17, 15) is 4.79 Å². The van der Waals surface area contributed by atoms with E-state index >= 15 is 0 Å². The van der Waals surface area contributed by atoms with Gasteiger partial charge < -0.3 is 10.1 Å². The summed E-state index contributed by atoms with van der Waals surface area (Å²) in [6.45, 7) is 0.300. The van der Waals surface area contributed by atoms with Gasteiger partial charge in [0.2, 0.25) is 0 Å². The predicted octanol–water partition coefficient (Wildman–Crippen LogP) is 4.21. The Balaban J connectivity index is 1.61. The largest absolute Gasteiger partial charge is 0.445 e. The minimum Gasteiger partial charge on any atom is -0.445 e. The highest BCUT2D eigenvalue weighted by atomic mass is 127. The monoisotopic (exact) mass is 393 g/mol. The van der Waals surface area contributed by atoms with Gasteiger partial charge in [-0.15, -0.1) is 0 Å². The molecule has 3 rings (SSSR count). The summed E-state index contributed by atoms with van der Waals surface area (Å²) in [5.41, 5.74) is 1.94. The van der Waals surface area contributed by atoms with Crippen LogP contribution < -0.4 is 5.32 Å². The van der Waals surface area contributed by atoms with E-state index in [4.69, 9.17) is 4.74 Å². The molecule has 3 nitrogen and oxygen atoms in total. The molecule has 0 spiro atoms. The van der Waals surface area contributed by atoms with Gasteiger partial charge >= 0.3 is 6.09 Å². The molecule has 1 amide bonds. The van der Waals surface area contributed by atoms with Crippen LogP contribution in [0.2, 0.25) is 0 Å². The summed E-state index contributed by atoms with van der Waals surface area (Å²) in [7, 11) is 0. The van der Waals surface area contributed by atoms with E-state index in [1.807, 2.05) is 42.5 Å². The zero-order chi connectivity index (χ0) is 14.7. The average molecular weight is 393 g/mol. The second kappa shape index (κ2) is 6.05. The topological polar surface area (TPSA) is 38.3 Å². The zero-order valence-corrected chi connectivity index (χ0v) is 13.7. The van der Waals surface area contributed by atoms with E-state index in [0.29, 0.717) is 6.61 Å². The lowest BCUT2D eigenvalue weighted by molar-refractivity contribution is 0.134. The van der Waals surface area contributed by atoms with Crippen molar-refractivity contribution in [2.24, 2.45) is 0 Å². The SMILES string of the molecule is O=C(NC1(c2ccccc2I)CC1)OCc1ccccc1. The van der Waals surface area contributed by atoms with E-state index in [1.165, 1.54) is 9.13 Å². The van der Waals surface area contributed by atoms with Crippen LogP contribution in [0.25, 0.3) is 0 Å². The highest BCUT2D eigenvalue weighted by Crippen LogP contribution is 2.47. The molecule has 1 saturated carbocycles. The van der Waals surface area contributed by atoms with Crippen molar-refractivity contribution in [1.82, 2.24) is 5.32 Å². The fourth-order valence-electron chi connectivity index (χ4n) is 2.39. The van der Waals surface area contributed by atoms with Crippen LogP contribution in [0.5, 0.6) is 0 Å². The van der Waals surface area contributed by atoms with Crippen LogP contribution in [0, 0.1) is 3.57 Å². The van der Waals surface area contributed by atoms with Crippen molar-refractivity contribution in [3.8, 4) is 0 Å². The van der Waals surface area contributed by atoms with Gasteiger partial charge in [0.05, 0.1) is 5.54 Å². The Kier molecular flexibility index (Phi) is 4.14. The quantitative estimate of drug-likeness (QED) is 0.791. The number of carbonyl (C=O) groups is 1. The van der Waals surface area contributed by atoms with Crippen molar-refractivity contribution in [3.63, 3.8) is 0 Å². The minimum absolute atomic E-state index is 0.231. The van der Waals surface area contributed by atoms with Crippen molar-refractivity contribution in [2.45, 2.75) is 25.0 Å². The highest BCUT2D eigenvalue weighted by molar-refractivity contribution is 14.1. The van der Waals surface area contributed by atoms with E-state index in [-0.39, 0.29) is 11.6 Å². The first kappa shape index (κ1) is 14.4. The maximum absolute atomic E-state index is 12.0. The third kappa shape index (κ3) is 3.37. The Morgan fingerprint density at radius 3 is 2.43 bits per heavy atom. The first-order chi connectivity index (χ1) is 10.2. The van der Waals surface area contributed by atoms with E-state index < -0.39 is 0 Å². The molecule has 1 fully saturated rings. The molecule has 0 aliphatic heterocycles. The fourth-order valence-corrected chi connectivity index (χ4v) is 3.29. The maximum Gasteiger partial charge on any atom is 0.408 e. The Morgan fingerprint density at radius 2 is 1.76 bits per heavy atom. The molecule has 0 unspecified atom stereocenters. The summed E-state index contributed by atoms with van der Waals surface area (Å²) in [6, 6.07) is 17.9. The maximum atomic E-state index is 12.0. The van der Waals surface area contributed by atoms with Gasteiger partial charge in [0.25, 0.3) is 0 Å². The summed E-state index contributed by atoms with van der Waals surface area (Å²) >= 11 is 2.31. The molecule has 0 saturated heterocycles. The van der Waals surface area contributed by atoms with Gasteiger partial charge in [-0.25, -0.2) is 4.79 Å². The highest BCUT2D eigenvalue weighted by Gasteiger charge is 2.47.